The Hall–Kier alpha value is -2.02. The number of methoxy groups -OCH3 is 1. The topological polar surface area (TPSA) is 67.4 Å². The number of hydrogen-bond acceptors (Lipinski definition) is 3. The summed E-state index contributed by atoms with van der Waals surface area (Å²) in [5.74, 6) is -2.39. The molecule has 0 aliphatic carbocycles. The third kappa shape index (κ3) is 6.62. The summed E-state index contributed by atoms with van der Waals surface area (Å²) in [5, 5.41) is 5.21. The van der Waals surface area contributed by atoms with E-state index in [4.69, 9.17) is 4.74 Å². The molecule has 22 heavy (non-hydrogen) atoms. The molecular formula is C15H20F2N2O3. The van der Waals surface area contributed by atoms with Crippen LogP contribution in [0.25, 0.3) is 0 Å². The van der Waals surface area contributed by atoms with Crippen LogP contribution >= 0.6 is 0 Å². The summed E-state index contributed by atoms with van der Waals surface area (Å²) in [5.41, 5.74) is -0.217. The molecule has 2 N–H and O–H groups in total. The zero-order valence-corrected chi connectivity index (χ0v) is 12.5. The second kappa shape index (κ2) is 9.83. The van der Waals surface area contributed by atoms with Gasteiger partial charge in [0.1, 0.15) is 11.6 Å². The molecule has 0 saturated heterocycles. The van der Waals surface area contributed by atoms with Gasteiger partial charge in [-0.15, -0.1) is 0 Å². The first-order valence-corrected chi connectivity index (χ1v) is 7.03. The van der Waals surface area contributed by atoms with E-state index >= 15 is 0 Å². The van der Waals surface area contributed by atoms with Gasteiger partial charge in [-0.1, -0.05) is 0 Å². The minimum Gasteiger partial charge on any atom is -0.385 e. The van der Waals surface area contributed by atoms with Crippen LogP contribution < -0.4 is 10.6 Å². The van der Waals surface area contributed by atoms with Crippen molar-refractivity contribution >= 4 is 11.8 Å². The minimum absolute atomic E-state index is 0.113. The lowest BCUT2D eigenvalue weighted by Crippen LogP contribution is -2.28. The second-order valence-electron chi connectivity index (χ2n) is 4.68. The van der Waals surface area contributed by atoms with E-state index in [-0.39, 0.29) is 24.4 Å². The van der Waals surface area contributed by atoms with Crippen LogP contribution in [0.4, 0.5) is 8.78 Å². The fraction of sp³-hybridized carbons (Fsp3) is 0.467. The van der Waals surface area contributed by atoms with Gasteiger partial charge in [-0.05, 0) is 25.0 Å². The maximum absolute atomic E-state index is 13.4. The smallest absolute Gasteiger partial charge is 0.254 e. The van der Waals surface area contributed by atoms with Crippen LogP contribution in [-0.2, 0) is 9.53 Å². The van der Waals surface area contributed by atoms with Crippen molar-refractivity contribution in [3.05, 3.63) is 35.4 Å². The summed E-state index contributed by atoms with van der Waals surface area (Å²) in [6, 6.07) is 2.76. The van der Waals surface area contributed by atoms with Crippen molar-refractivity contribution in [1.82, 2.24) is 10.6 Å². The average molecular weight is 314 g/mol. The molecule has 0 heterocycles. The zero-order chi connectivity index (χ0) is 16.4. The Morgan fingerprint density at radius 2 is 1.86 bits per heavy atom. The van der Waals surface area contributed by atoms with E-state index in [0.717, 1.165) is 18.6 Å². The van der Waals surface area contributed by atoms with E-state index in [1.165, 1.54) is 0 Å². The number of carbonyl (C=O) groups is 2. The molecule has 1 rings (SSSR count). The zero-order valence-electron chi connectivity index (χ0n) is 12.5. The molecule has 7 heteroatoms. The first-order valence-electron chi connectivity index (χ1n) is 7.03. The number of carbonyl (C=O) groups excluding carboxylic acids is 2. The molecule has 0 bridgehead atoms. The molecule has 0 spiro atoms. The van der Waals surface area contributed by atoms with Gasteiger partial charge < -0.3 is 15.4 Å². The SMILES string of the molecule is COCCCNC(=O)CCCNC(=O)c1ccc(F)cc1F. The van der Waals surface area contributed by atoms with E-state index in [0.29, 0.717) is 25.6 Å². The van der Waals surface area contributed by atoms with E-state index in [1.54, 1.807) is 7.11 Å². The van der Waals surface area contributed by atoms with Gasteiger partial charge in [0.05, 0.1) is 5.56 Å². The van der Waals surface area contributed by atoms with Crippen molar-refractivity contribution in [3.8, 4) is 0 Å². The number of hydrogen-bond donors (Lipinski definition) is 2. The molecule has 0 saturated carbocycles. The summed E-state index contributed by atoms with van der Waals surface area (Å²) in [6.07, 6.45) is 1.44. The largest absolute Gasteiger partial charge is 0.385 e. The normalized spacial score (nSPS) is 10.3. The predicted octanol–water partition coefficient (Wildman–Crippen LogP) is 1.63. The van der Waals surface area contributed by atoms with Gasteiger partial charge in [-0.2, -0.15) is 0 Å². The van der Waals surface area contributed by atoms with E-state index < -0.39 is 17.5 Å². The van der Waals surface area contributed by atoms with Crippen LogP contribution in [0, 0.1) is 11.6 Å². The highest BCUT2D eigenvalue weighted by Crippen LogP contribution is 2.09. The third-order valence-electron chi connectivity index (χ3n) is 2.89. The van der Waals surface area contributed by atoms with E-state index in [1.807, 2.05) is 0 Å². The highest BCUT2D eigenvalue weighted by Gasteiger charge is 2.11. The van der Waals surface area contributed by atoms with Gasteiger partial charge in [0.2, 0.25) is 5.91 Å². The van der Waals surface area contributed by atoms with Gasteiger partial charge in [0.15, 0.2) is 0 Å². The Balaban J connectivity index is 2.21. The van der Waals surface area contributed by atoms with Crippen molar-refractivity contribution in [2.75, 3.05) is 26.8 Å². The van der Waals surface area contributed by atoms with Crippen LogP contribution in [0.3, 0.4) is 0 Å². The summed E-state index contributed by atoms with van der Waals surface area (Å²) in [4.78, 5) is 23.1. The van der Waals surface area contributed by atoms with Gasteiger partial charge >= 0.3 is 0 Å². The molecule has 0 unspecified atom stereocenters. The number of nitrogens with one attached hydrogen (secondary N) is 2. The first kappa shape index (κ1) is 18.0. The van der Waals surface area contributed by atoms with Gasteiger partial charge in [0.25, 0.3) is 5.91 Å². The molecule has 0 atom stereocenters. The van der Waals surface area contributed by atoms with Crippen molar-refractivity contribution in [2.45, 2.75) is 19.3 Å². The number of benzene rings is 1. The summed E-state index contributed by atoms with van der Waals surface area (Å²) in [7, 11) is 1.59. The van der Waals surface area contributed by atoms with Gasteiger partial charge in [0, 0.05) is 39.3 Å². The Morgan fingerprint density at radius 3 is 2.55 bits per heavy atom. The molecule has 0 radical (unpaired) electrons. The third-order valence-corrected chi connectivity index (χ3v) is 2.89. The minimum atomic E-state index is -0.909. The Kier molecular flexibility index (Phi) is 8.06. The maximum atomic E-state index is 13.4. The van der Waals surface area contributed by atoms with Crippen molar-refractivity contribution in [3.63, 3.8) is 0 Å². The fourth-order valence-electron chi connectivity index (χ4n) is 1.75. The Bertz CT molecular complexity index is 510. The van der Waals surface area contributed by atoms with Gasteiger partial charge in [-0.3, -0.25) is 9.59 Å². The number of halogens is 2. The predicted molar refractivity (Wildman–Crippen MR) is 77.4 cm³/mol. The standard InChI is InChI=1S/C15H20F2N2O3/c1-22-9-3-8-18-14(20)4-2-7-19-15(21)12-6-5-11(16)10-13(12)17/h5-6,10H,2-4,7-9H2,1H3,(H,18,20)(H,19,21). The lowest BCUT2D eigenvalue weighted by atomic mass is 10.2. The monoisotopic (exact) mass is 314 g/mol. The first-order chi connectivity index (χ1) is 10.5. The molecule has 2 amide bonds. The molecule has 0 aliphatic heterocycles. The van der Waals surface area contributed by atoms with Crippen LogP contribution in [0.1, 0.15) is 29.6 Å². The molecule has 1 aromatic rings. The maximum Gasteiger partial charge on any atom is 0.254 e. The molecule has 0 aliphatic rings. The average Bonchev–Trinajstić information content (AvgIpc) is 2.48. The van der Waals surface area contributed by atoms with Crippen molar-refractivity contribution in [2.24, 2.45) is 0 Å². The van der Waals surface area contributed by atoms with Crippen LogP contribution in [0.5, 0.6) is 0 Å². The highest BCUT2D eigenvalue weighted by molar-refractivity contribution is 5.94. The second-order valence-corrected chi connectivity index (χ2v) is 4.68. The summed E-state index contributed by atoms with van der Waals surface area (Å²) >= 11 is 0. The Labute approximate surface area is 128 Å². The summed E-state index contributed by atoms with van der Waals surface area (Å²) < 4.78 is 31.0. The highest BCUT2D eigenvalue weighted by atomic mass is 19.1. The summed E-state index contributed by atoms with van der Waals surface area (Å²) in [6.45, 7) is 1.36. The lowest BCUT2D eigenvalue weighted by Gasteiger charge is -2.07. The van der Waals surface area contributed by atoms with Gasteiger partial charge in [-0.25, -0.2) is 8.78 Å². The van der Waals surface area contributed by atoms with Crippen LogP contribution in [0.2, 0.25) is 0 Å². The molecule has 1 aromatic carbocycles. The number of rotatable bonds is 9. The fourth-order valence-corrected chi connectivity index (χ4v) is 1.75. The van der Waals surface area contributed by atoms with Crippen molar-refractivity contribution in [1.29, 1.82) is 0 Å². The van der Waals surface area contributed by atoms with Crippen LogP contribution in [-0.4, -0.2) is 38.6 Å². The Morgan fingerprint density at radius 1 is 1.14 bits per heavy atom. The lowest BCUT2D eigenvalue weighted by molar-refractivity contribution is -0.121. The van der Waals surface area contributed by atoms with Crippen LogP contribution in [0.15, 0.2) is 18.2 Å². The molecule has 5 nitrogen and oxygen atoms in total. The molecule has 0 aromatic heterocycles. The van der Waals surface area contributed by atoms with E-state index in [9.17, 15) is 18.4 Å². The number of ether oxygens (including phenoxy) is 1. The molecular weight excluding hydrogens is 294 g/mol. The molecule has 122 valence electrons. The number of amides is 2. The molecule has 0 fully saturated rings. The quantitative estimate of drug-likeness (QED) is 0.681. The van der Waals surface area contributed by atoms with E-state index in [2.05, 4.69) is 10.6 Å². The van der Waals surface area contributed by atoms with Crippen molar-refractivity contribution < 1.29 is 23.1 Å².